The van der Waals surface area contributed by atoms with Crippen LogP contribution in [0.3, 0.4) is 0 Å². The molecule has 0 bridgehead atoms. The van der Waals surface area contributed by atoms with Crippen LogP contribution in [0.2, 0.25) is 0 Å². The Labute approximate surface area is 78.1 Å². The minimum absolute atomic E-state index is 0.165. The summed E-state index contributed by atoms with van der Waals surface area (Å²) in [6.07, 6.45) is 1.26. The van der Waals surface area contributed by atoms with E-state index < -0.39 is 0 Å². The maximum absolute atomic E-state index is 11.0. The standard InChI is InChI=1S/C8H17N3O2/c1-9-8(5-7(12)10-13)3-4-11(2)6-8/h9,13H,3-6H2,1-2H3,(H,10,12). The van der Waals surface area contributed by atoms with E-state index >= 15 is 0 Å². The third kappa shape index (κ3) is 2.40. The Morgan fingerprint density at radius 3 is 2.77 bits per heavy atom. The van der Waals surface area contributed by atoms with Gasteiger partial charge in [0.1, 0.15) is 0 Å². The van der Waals surface area contributed by atoms with Crippen molar-refractivity contribution in [3.63, 3.8) is 0 Å². The first-order chi connectivity index (χ1) is 6.12. The van der Waals surface area contributed by atoms with Crippen LogP contribution < -0.4 is 10.8 Å². The number of rotatable bonds is 3. The van der Waals surface area contributed by atoms with Crippen molar-refractivity contribution in [2.45, 2.75) is 18.4 Å². The third-order valence-electron chi connectivity index (χ3n) is 2.70. The van der Waals surface area contributed by atoms with Gasteiger partial charge < -0.3 is 10.2 Å². The third-order valence-corrected chi connectivity index (χ3v) is 2.70. The summed E-state index contributed by atoms with van der Waals surface area (Å²) >= 11 is 0. The molecule has 1 saturated heterocycles. The van der Waals surface area contributed by atoms with Gasteiger partial charge in [-0.05, 0) is 27.1 Å². The molecular formula is C8H17N3O2. The maximum Gasteiger partial charge on any atom is 0.245 e. The molecule has 0 aromatic carbocycles. The van der Waals surface area contributed by atoms with Crippen molar-refractivity contribution in [2.24, 2.45) is 0 Å². The van der Waals surface area contributed by atoms with Gasteiger partial charge in [0.25, 0.3) is 0 Å². The predicted molar refractivity (Wildman–Crippen MR) is 48.5 cm³/mol. The van der Waals surface area contributed by atoms with Crippen molar-refractivity contribution in [3.8, 4) is 0 Å². The van der Waals surface area contributed by atoms with Crippen LogP contribution in [-0.2, 0) is 4.79 Å². The summed E-state index contributed by atoms with van der Waals surface area (Å²) in [5, 5.41) is 11.6. The number of likely N-dealkylation sites (tertiary alicyclic amines) is 1. The SMILES string of the molecule is CNC1(CC(=O)NO)CCN(C)C1. The van der Waals surface area contributed by atoms with E-state index in [1.54, 1.807) is 5.48 Å². The van der Waals surface area contributed by atoms with Crippen LogP contribution in [0.1, 0.15) is 12.8 Å². The number of likely N-dealkylation sites (N-methyl/N-ethyl adjacent to an activating group) is 2. The van der Waals surface area contributed by atoms with Crippen LogP contribution in [-0.4, -0.2) is 48.7 Å². The van der Waals surface area contributed by atoms with Gasteiger partial charge in [-0.25, -0.2) is 5.48 Å². The smallest absolute Gasteiger partial charge is 0.245 e. The molecule has 0 spiro atoms. The van der Waals surface area contributed by atoms with E-state index in [1.807, 2.05) is 14.1 Å². The first-order valence-corrected chi connectivity index (χ1v) is 4.42. The molecule has 1 aliphatic heterocycles. The minimum Gasteiger partial charge on any atom is -0.313 e. The molecule has 0 radical (unpaired) electrons. The summed E-state index contributed by atoms with van der Waals surface area (Å²) in [7, 11) is 3.87. The molecular weight excluding hydrogens is 170 g/mol. The second-order valence-electron chi connectivity index (χ2n) is 3.73. The highest BCUT2D eigenvalue weighted by Crippen LogP contribution is 2.22. The number of hydrogen-bond acceptors (Lipinski definition) is 4. The largest absolute Gasteiger partial charge is 0.313 e. The number of carbonyl (C=O) groups is 1. The van der Waals surface area contributed by atoms with Crippen LogP contribution in [0.25, 0.3) is 0 Å². The molecule has 1 aliphatic rings. The summed E-state index contributed by atoms with van der Waals surface area (Å²) in [4.78, 5) is 13.2. The summed E-state index contributed by atoms with van der Waals surface area (Å²) in [5.41, 5.74) is 1.50. The Kier molecular flexibility index (Phi) is 3.24. The van der Waals surface area contributed by atoms with E-state index in [4.69, 9.17) is 5.21 Å². The Hall–Kier alpha value is -0.650. The quantitative estimate of drug-likeness (QED) is 0.399. The Bertz CT molecular complexity index is 198. The average molecular weight is 187 g/mol. The second-order valence-corrected chi connectivity index (χ2v) is 3.73. The Morgan fingerprint density at radius 2 is 2.38 bits per heavy atom. The molecule has 13 heavy (non-hydrogen) atoms. The monoisotopic (exact) mass is 187 g/mol. The molecule has 1 heterocycles. The molecule has 0 aromatic rings. The zero-order chi connectivity index (χ0) is 9.90. The van der Waals surface area contributed by atoms with E-state index in [0.29, 0.717) is 6.42 Å². The van der Waals surface area contributed by atoms with Crippen molar-refractivity contribution >= 4 is 5.91 Å². The number of nitrogens with one attached hydrogen (secondary N) is 2. The number of amides is 1. The van der Waals surface area contributed by atoms with Crippen molar-refractivity contribution in [1.82, 2.24) is 15.7 Å². The van der Waals surface area contributed by atoms with E-state index in [1.165, 1.54) is 0 Å². The molecule has 0 aromatic heterocycles. The van der Waals surface area contributed by atoms with Gasteiger partial charge in [-0.2, -0.15) is 0 Å². The van der Waals surface area contributed by atoms with E-state index in [0.717, 1.165) is 19.5 Å². The van der Waals surface area contributed by atoms with Gasteiger partial charge in [-0.15, -0.1) is 0 Å². The molecule has 1 amide bonds. The van der Waals surface area contributed by atoms with Crippen LogP contribution in [0, 0.1) is 0 Å². The van der Waals surface area contributed by atoms with Gasteiger partial charge in [0.15, 0.2) is 0 Å². The lowest BCUT2D eigenvalue weighted by atomic mass is 9.94. The van der Waals surface area contributed by atoms with Crippen LogP contribution in [0.5, 0.6) is 0 Å². The highest BCUT2D eigenvalue weighted by atomic mass is 16.5. The van der Waals surface area contributed by atoms with Crippen molar-refractivity contribution < 1.29 is 10.0 Å². The topological polar surface area (TPSA) is 64.6 Å². The fourth-order valence-electron chi connectivity index (χ4n) is 1.86. The van der Waals surface area contributed by atoms with Crippen LogP contribution >= 0.6 is 0 Å². The lowest BCUT2D eigenvalue weighted by Crippen LogP contribution is -2.48. The summed E-state index contributed by atoms with van der Waals surface area (Å²) in [6.45, 7) is 1.83. The molecule has 76 valence electrons. The molecule has 0 saturated carbocycles. The zero-order valence-electron chi connectivity index (χ0n) is 8.13. The van der Waals surface area contributed by atoms with Crippen molar-refractivity contribution in [2.75, 3.05) is 27.2 Å². The molecule has 1 atom stereocenters. The number of hydroxylamine groups is 1. The maximum atomic E-state index is 11.0. The molecule has 1 unspecified atom stereocenters. The van der Waals surface area contributed by atoms with Gasteiger partial charge in [0.2, 0.25) is 5.91 Å². The summed E-state index contributed by atoms with van der Waals surface area (Å²) in [6, 6.07) is 0. The lowest BCUT2D eigenvalue weighted by molar-refractivity contribution is -0.130. The predicted octanol–water partition coefficient (Wildman–Crippen LogP) is -0.824. The summed E-state index contributed by atoms with van der Waals surface area (Å²) in [5.74, 6) is -0.329. The van der Waals surface area contributed by atoms with E-state index in [-0.39, 0.29) is 11.4 Å². The van der Waals surface area contributed by atoms with Gasteiger partial charge >= 0.3 is 0 Å². The van der Waals surface area contributed by atoms with E-state index in [2.05, 4.69) is 10.2 Å². The molecule has 1 fully saturated rings. The molecule has 1 rings (SSSR count). The first kappa shape index (κ1) is 10.4. The molecule has 3 N–H and O–H groups in total. The van der Waals surface area contributed by atoms with Gasteiger partial charge in [0.05, 0.1) is 0 Å². The highest BCUT2D eigenvalue weighted by molar-refractivity contribution is 5.76. The van der Waals surface area contributed by atoms with Crippen molar-refractivity contribution in [1.29, 1.82) is 0 Å². The molecule has 0 aliphatic carbocycles. The number of carbonyl (C=O) groups excluding carboxylic acids is 1. The minimum atomic E-state index is -0.329. The number of nitrogens with zero attached hydrogens (tertiary/aromatic N) is 1. The first-order valence-electron chi connectivity index (χ1n) is 4.42. The normalized spacial score (nSPS) is 29.2. The van der Waals surface area contributed by atoms with Crippen LogP contribution in [0.15, 0.2) is 0 Å². The van der Waals surface area contributed by atoms with Crippen LogP contribution in [0.4, 0.5) is 0 Å². The Morgan fingerprint density at radius 1 is 1.69 bits per heavy atom. The average Bonchev–Trinajstić information content (AvgIpc) is 2.48. The number of hydrogen-bond donors (Lipinski definition) is 3. The van der Waals surface area contributed by atoms with Gasteiger partial charge in [0, 0.05) is 18.5 Å². The molecule has 5 nitrogen and oxygen atoms in total. The highest BCUT2D eigenvalue weighted by Gasteiger charge is 2.36. The zero-order valence-corrected chi connectivity index (χ0v) is 8.13. The van der Waals surface area contributed by atoms with Gasteiger partial charge in [-0.1, -0.05) is 0 Å². The summed E-state index contributed by atoms with van der Waals surface area (Å²) < 4.78 is 0. The molecule has 5 heteroatoms. The van der Waals surface area contributed by atoms with Crippen molar-refractivity contribution in [3.05, 3.63) is 0 Å². The van der Waals surface area contributed by atoms with Gasteiger partial charge in [-0.3, -0.25) is 10.0 Å². The Balaban J connectivity index is 2.55. The fourth-order valence-corrected chi connectivity index (χ4v) is 1.86. The fraction of sp³-hybridized carbons (Fsp3) is 0.875. The van der Waals surface area contributed by atoms with E-state index in [9.17, 15) is 4.79 Å². The lowest BCUT2D eigenvalue weighted by Gasteiger charge is -2.27. The second kappa shape index (κ2) is 4.04.